The Hall–Kier alpha value is -0.650. The zero-order chi connectivity index (χ0) is 12.1. The van der Waals surface area contributed by atoms with Gasteiger partial charge in [-0.2, -0.15) is 0 Å². The number of rotatable bonds is 4. The summed E-state index contributed by atoms with van der Waals surface area (Å²) >= 11 is 0. The van der Waals surface area contributed by atoms with Crippen molar-refractivity contribution in [3.05, 3.63) is 0 Å². The van der Waals surface area contributed by atoms with Crippen LogP contribution in [0.5, 0.6) is 0 Å². The fraction of sp³-hybridized carbons (Fsp3) is 0.909. The van der Waals surface area contributed by atoms with E-state index in [4.69, 9.17) is 5.84 Å². The summed E-state index contributed by atoms with van der Waals surface area (Å²) in [4.78, 5) is 13.7. The lowest BCUT2D eigenvalue weighted by Gasteiger charge is -2.38. The summed E-state index contributed by atoms with van der Waals surface area (Å²) in [6, 6.07) is -0.197. The van der Waals surface area contributed by atoms with Crippen LogP contribution in [0.2, 0.25) is 0 Å². The van der Waals surface area contributed by atoms with Gasteiger partial charge in [0.1, 0.15) is 0 Å². The Bertz CT molecular complexity index is 235. The molecule has 5 nitrogen and oxygen atoms in total. The third kappa shape index (κ3) is 3.17. The smallest absolute Gasteiger partial charge is 0.251 e. The molecule has 1 aliphatic heterocycles. The molecule has 1 amide bonds. The Morgan fingerprint density at radius 2 is 2.38 bits per heavy atom. The summed E-state index contributed by atoms with van der Waals surface area (Å²) in [6.45, 7) is 5.51. The molecule has 1 saturated heterocycles. The maximum atomic E-state index is 11.6. The van der Waals surface area contributed by atoms with Crippen LogP contribution in [0.15, 0.2) is 0 Å². The minimum absolute atomic E-state index is 0.149. The second-order valence-electron chi connectivity index (χ2n) is 4.64. The normalized spacial score (nSPS) is 28.8. The number of aliphatic hydroxyl groups excluding tert-OH is 1. The molecule has 0 spiro atoms. The largest absolute Gasteiger partial charge is 0.392 e. The lowest BCUT2D eigenvalue weighted by molar-refractivity contribution is -0.128. The van der Waals surface area contributed by atoms with E-state index in [0.29, 0.717) is 12.5 Å². The maximum absolute atomic E-state index is 11.6. The number of nitrogens with one attached hydrogen (secondary N) is 1. The first-order valence-electron chi connectivity index (χ1n) is 6.02. The van der Waals surface area contributed by atoms with Crippen LogP contribution in [-0.2, 0) is 4.79 Å². The number of hydrazine groups is 1. The number of carbonyl (C=O) groups excluding carboxylic acids is 1. The Morgan fingerprint density at radius 3 is 2.88 bits per heavy atom. The molecule has 0 radical (unpaired) electrons. The van der Waals surface area contributed by atoms with Gasteiger partial charge >= 0.3 is 0 Å². The van der Waals surface area contributed by atoms with Crippen molar-refractivity contribution in [2.75, 3.05) is 13.1 Å². The van der Waals surface area contributed by atoms with E-state index in [1.165, 1.54) is 0 Å². The van der Waals surface area contributed by atoms with Crippen molar-refractivity contribution in [2.45, 2.75) is 45.3 Å². The number of carbonyl (C=O) groups is 1. The maximum Gasteiger partial charge on any atom is 0.251 e. The van der Waals surface area contributed by atoms with Crippen LogP contribution in [0.25, 0.3) is 0 Å². The number of piperidine rings is 1. The monoisotopic (exact) mass is 229 g/mol. The first-order valence-corrected chi connectivity index (χ1v) is 6.02. The van der Waals surface area contributed by atoms with E-state index in [2.05, 4.69) is 5.43 Å². The van der Waals surface area contributed by atoms with Gasteiger partial charge in [-0.25, -0.2) is 5.84 Å². The van der Waals surface area contributed by atoms with Gasteiger partial charge < -0.3 is 5.11 Å². The van der Waals surface area contributed by atoms with Gasteiger partial charge in [0.2, 0.25) is 0 Å². The SMILES string of the molecule is CCCC(C(=O)NN)N1CCC(C)C(O)C1. The second kappa shape index (κ2) is 6.18. The van der Waals surface area contributed by atoms with Crippen molar-refractivity contribution in [1.82, 2.24) is 10.3 Å². The number of β-amino-alcohol motifs (C(OH)–C–C–N with tert-alkyl or cyclic N) is 1. The number of amides is 1. The Kier molecular flexibility index (Phi) is 5.18. The van der Waals surface area contributed by atoms with Gasteiger partial charge in [0.05, 0.1) is 12.1 Å². The fourth-order valence-corrected chi connectivity index (χ4v) is 2.21. The van der Waals surface area contributed by atoms with Gasteiger partial charge in [-0.05, 0) is 25.3 Å². The predicted octanol–water partition coefficient (Wildman–Crippen LogP) is -0.152. The topological polar surface area (TPSA) is 78.6 Å². The minimum atomic E-state index is -0.335. The van der Waals surface area contributed by atoms with E-state index in [1.54, 1.807) is 0 Å². The van der Waals surface area contributed by atoms with Crippen molar-refractivity contribution < 1.29 is 9.90 Å². The van der Waals surface area contributed by atoms with Crippen LogP contribution in [0.1, 0.15) is 33.1 Å². The lowest BCUT2D eigenvalue weighted by Crippen LogP contribution is -2.54. The van der Waals surface area contributed by atoms with Crippen LogP contribution in [0.4, 0.5) is 0 Å². The van der Waals surface area contributed by atoms with Crippen molar-refractivity contribution >= 4 is 5.91 Å². The van der Waals surface area contributed by atoms with Crippen molar-refractivity contribution in [1.29, 1.82) is 0 Å². The zero-order valence-corrected chi connectivity index (χ0v) is 10.1. The molecular weight excluding hydrogens is 206 g/mol. The molecule has 1 aliphatic rings. The number of nitrogens with two attached hydrogens (primary N) is 1. The molecule has 0 aromatic carbocycles. The highest BCUT2D eigenvalue weighted by Gasteiger charge is 2.31. The quantitative estimate of drug-likeness (QED) is 0.356. The van der Waals surface area contributed by atoms with E-state index < -0.39 is 0 Å². The van der Waals surface area contributed by atoms with Gasteiger partial charge in [-0.3, -0.25) is 15.1 Å². The Labute approximate surface area is 97.0 Å². The summed E-state index contributed by atoms with van der Waals surface area (Å²) in [5.74, 6) is 5.35. The number of nitrogens with zero attached hydrogens (tertiary/aromatic N) is 1. The number of aliphatic hydroxyl groups is 1. The summed E-state index contributed by atoms with van der Waals surface area (Å²) in [7, 11) is 0. The van der Waals surface area contributed by atoms with E-state index in [0.717, 1.165) is 25.8 Å². The van der Waals surface area contributed by atoms with Gasteiger partial charge in [0, 0.05) is 6.54 Å². The minimum Gasteiger partial charge on any atom is -0.392 e. The van der Waals surface area contributed by atoms with Crippen molar-refractivity contribution in [3.8, 4) is 0 Å². The third-order valence-electron chi connectivity index (χ3n) is 3.40. The molecule has 4 N–H and O–H groups in total. The summed E-state index contributed by atoms with van der Waals surface area (Å²) in [5, 5.41) is 9.82. The lowest BCUT2D eigenvalue weighted by atomic mass is 9.94. The third-order valence-corrected chi connectivity index (χ3v) is 3.40. The van der Waals surface area contributed by atoms with Crippen molar-refractivity contribution in [3.63, 3.8) is 0 Å². The molecule has 0 bridgehead atoms. The molecule has 94 valence electrons. The highest BCUT2D eigenvalue weighted by atomic mass is 16.3. The summed E-state index contributed by atoms with van der Waals surface area (Å²) in [6.07, 6.45) is 2.31. The standard InChI is InChI=1S/C11H23N3O2/c1-3-4-9(11(16)13-12)14-6-5-8(2)10(15)7-14/h8-10,15H,3-7,12H2,1-2H3,(H,13,16). The van der Waals surface area contributed by atoms with Gasteiger partial charge in [-0.1, -0.05) is 20.3 Å². The molecule has 1 heterocycles. The molecule has 0 aromatic rings. The molecule has 0 aromatic heterocycles. The highest BCUT2D eigenvalue weighted by Crippen LogP contribution is 2.20. The molecule has 0 saturated carbocycles. The van der Waals surface area contributed by atoms with Crippen LogP contribution in [0, 0.1) is 5.92 Å². The van der Waals surface area contributed by atoms with Crippen LogP contribution >= 0.6 is 0 Å². The first kappa shape index (κ1) is 13.4. The van der Waals surface area contributed by atoms with E-state index >= 15 is 0 Å². The molecule has 0 aliphatic carbocycles. The summed E-state index contributed by atoms with van der Waals surface area (Å²) < 4.78 is 0. The average Bonchev–Trinajstić information content (AvgIpc) is 2.29. The van der Waals surface area contributed by atoms with E-state index in [-0.39, 0.29) is 18.1 Å². The number of hydrogen-bond donors (Lipinski definition) is 3. The second-order valence-corrected chi connectivity index (χ2v) is 4.64. The van der Waals surface area contributed by atoms with Crippen LogP contribution in [-0.4, -0.2) is 41.1 Å². The molecule has 3 unspecified atom stereocenters. The predicted molar refractivity (Wildman–Crippen MR) is 62.4 cm³/mol. The Balaban J connectivity index is 2.61. The molecule has 1 rings (SSSR count). The number of hydrogen-bond acceptors (Lipinski definition) is 4. The van der Waals surface area contributed by atoms with Gasteiger partial charge in [-0.15, -0.1) is 0 Å². The molecule has 16 heavy (non-hydrogen) atoms. The highest BCUT2D eigenvalue weighted by molar-refractivity contribution is 5.81. The molecule has 5 heteroatoms. The van der Waals surface area contributed by atoms with E-state index in [1.807, 2.05) is 18.7 Å². The van der Waals surface area contributed by atoms with Crippen molar-refractivity contribution in [2.24, 2.45) is 11.8 Å². The summed E-state index contributed by atoms with van der Waals surface area (Å²) in [5.41, 5.74) is 2.21. The van der Waals surface area contributed by atoms with Crippen LogP contribution in [0.3, 0.4) is 0 Å². The molecular formula is C11H23N3O2. The van der Waals surface area contributed by atoms with Gasteiger partial charge in [0.15, 0.2) is 0 Å². The fourth-order valence-electron chi connectivity index (χ4n) is 2.21. The number of likely N-dealkylation sites (tertiary alicyclic amines) is 1. The molecule has 1 fully saturated rings. The van der Waals surface area contributed by atoms with E-state index in [9.17, 15) is 9.90 Å². The zero-order valence-electron chi connectivity index (χ0n) is 10.1. The first-order chi connectivity index (χ1) is 7.60. The van der Waals surface area contributed by atoms with Gasteiger partial charge in [0.25, 0.3) is 5.91 Å². The average molecular weight is 229 g/mol. The molecule has 3 atom stereocenters. The Morgan fingerprint density at radius 1 is 1.69 bits per heavy atom. The van der Waals surface area contributed by atoms with Crippen LogP contribution < -0.4 is 11.3 Å².